The van der Waals surface area contributed by atoms with Gasteiger partial charge in [-0.1, -0.05) is 169 Å². The summed E-state index contributed by atoms with van der Waals surface area (Å²) in [6.07, 6.45) is 34.0. The lowest BCUT2D eigenvalue weighted by molar-refractivity contribution is -0.149. The lowest BCUT2D eigenvalue weighted by atomic mass is 9.80. The molecule has 0 spiro atoms. The second kappa shape index (κ2) is 37.2. The summed E-state index contributed by atoms with van der Waals surface area (Å²) in [6, 6.07) is 0. The highest BCUT2D eigenvalue weighted by molar-refractivity contribution is 5.72. The molecule has 0 radical (unpaired) electrons. The summed E-state index contributed by atoms with van der Waals surface area (Å²) >= 11 is 0. The number of hydrogen-bond acceptors (Lipinski definition) is 5. The number of rotatable bonds is 38. The standard InChI is InChI=1S/C43H85NO4/c1-6-11-15-17-24-32-41(31-23-16-12-7-2)43(46)48-38-28-21-19-26-36-44-35-25-18-20-27-37-47-42(45)34-33-40(29-14-9-4)39(10-5)30-22-13-8-3/h39-41,44H,6-38H2,1-5H3. The SMILES string of the molecule is CCCCCCCC(CCCCCC)C(=O)OCCCCCCNCCCCCCOC(=O)CCC(CCCC)C(CC)CCCCC. The van der Waals surface area contributed by atoms with Gasteiger partial charge in [-0.05, 0) is 69.9 Å². The smallest absolute Gasteiger partial charge is 0.308 e. The van der Waals surface area contributed by atoms with E-state index in [2.05, 4.69) is 39.9 Å². The first-order chi connectivity index (χ1) is 23.5. The number of ether oxygens (including phenoxy) is 2. The predicted molar refractivity (Wildman–Crippen MR) is 208 cm³/mol. The van der Waals surface area contributed by atoms with Gasteiger partial charge in [-0.25, -0.2) is 0 Å². The van der Waals surface area contributed by atoms with Gasteiger partial charge in [0.15, 0.2) is 0 Å². The molecule has 0 heterocycles. The molecular weight excluding hydrogens is 594 g/mol. The van der Waals surface area contributed by atoms with Gasteiger partial charge < -0.3 is 14.8 Å². The van der Waals surface area contributed by atoms with Crippen molar-refractivity contribution in [1.29, 1.82) is 0 Å². The Bertz CT molecular complexity index is 684. The van der Waals surface area contributed by atoms with E-state index in [1.54, 1.807) is 0 Å². The summed E-state index contributed by atoms with van der Waals surface area (Å²) in [5, 5.41) is 3.58. The maximum atomic E-state index is 12.8. The largest absolute Gasteiger partial charge is 0.466 e. The van der Waals surface area contributed by atoms with Crippen molar-refractivity contribution in [2.45, 2.75) is 221 Å². The Morgan fingerprint density at radius 2 is 0.917 bits per heavy atom. The molecule has 286 valence electrons. The first kappa shape index (κ1) is 46.9. The van der Waals surface area contributed by atoms with Crippen molar-refractivity contribution in [3.8, 4) is 0 Å². The number of esters is 2. The molecule has 0 bridgehead atoms. The first-order valence-corrected chi connectivity index (χ1v) is 21.6. The number of carbonyl (C=O) groups is 2. The fourth-order valence-electron chi connectivity index (χ4n) is 7.09. The minimum absolute atomic E-state index is 0.00917. The van der Waals surface area contributed by atoms with Crippen LogP contribution in [0.25, 0.3) is 0 Å². The quantitative estimate of drug-likeness (QED) is 0.0520. The highest BCUT2D eigenvalue weighted by Gasteiger charge is 2.21. The Hall–Kier alpha value is -1.10. The molecule has 0 saturated heterocycles. The van der Waals surface area contributed by atoms with Crippen LogP contribution < -0.4 is 5.32 Å². The van der Waals surface area contributed by atoms with Crippen molar-refractivity contribution in [3.05, 3.63) is 0 Å². The van der Waals surface area contributed by atoms with Crippen LogP contribution in [0.4, 0.5) is 0 Å². The molecule has 0 aliphatic carbocycles. The molecule has 0 amide bonds. The summed E-state index contributed by atoms with van der Waals surface area (Å²) in [7, 11) is 0. The van der Waals surface area contributed by atoms with Crippen molar-refractivity contribution < 1.29 is 19.1 Å². The Labute approximate surface area is 300 Å². The Balaban J connectivity index is 3.83. The molecule has 5 heteroatoms. The predicted octanol–water partition coefficient (Wildman–Crippen LogP) is 12.9. The molecule has 48 heavy (non-hydrogen) atoms. The molecule has 3 atom stereocenters. The topological polar surface area (TPSA) is 64.6 Å². The summed E-state index contributed by atoms with van der Waals surface area (Å²) in [5.41, 5.74) is 0. The van der Waals surface area contributed by atoms with E-state index in [0.717, 1.165) is 76.8 Å². The van der Waals surface area contributed by atoms with Crippen LogP contribution in [0.3, 0.4) is 0 Å². The normalized spacial score (nSPS) is 13.4. The van der Waals surface area contributed by atoms with Gasteiger partial charge in [-0.3, -0.25) is 9.59 Å². The van der Waals surface area contributed by atoms with Gasteiger partial charge in [0.2, 0.25) is 0 Å². The summed E-state index contributed by atoms with van der Waals surface area (Å²) < 4.78 is 11.3. The zero-order chi connectivity index (χ0) is 35.3. The third-order valence-corrected chi connectivity index (χ3v) is 10.4. The van der Waals surface area contributed by atoms with Crippen LogP contribution in [0.5, 0.6) is 0 Å². The van der Waals surface area contributed by atoms with Crippen LogP contribution in [0.1, 0.15) is 221 Å². The van der Waals surface area contributed by atoms with Gasteiger partial charge in [0.1, 0.15) is 0 Å². The van der Waals surface area contributed by atoms with Crippen molar-refractivity contribution in [3.63, 3.8) is 0 Å². The van der Waals surface area contributed by atoms with E-state index < -0.39 is 0 Å². The van der Waals surface area contributed by atoms with Crippen molar-refractivity contribution in [2.75, 3.05) is 26.3 Å². The van der Waals surface area contributed by atoms with Gasteiger partial charge in [0.25, 0.3) is 0 Å². The Kier molecular flexibility index (Phi) is 36.3. The second-order valence-corrected chi connectivity index (χ2v) is 14.8. The summed E-state index contributed by atoms with van der Waals surface area (Å²) in [6.45, 7) is 14.6. The zero-order valence-corrected chi connectivity index (χ0v) is 33.2. The molecule has 5 nitrogen and oxygen atoms in total. The maximum Gasteiger partial charge on any atom is 0.308 e. The van der Waals surface area contributed by atoms with Gasteiger partial charge in [0.05, 0.1) is 19.1 Å². The molecule has 0 aliphatic rings. The molecule has 0 aromatic carbocycles. The third kappa shape index (κ3) is 29.8. The minimum atomic E-state index is 0.00917. The fraction of sp³-hybridized carbons (Fsp3) is 0.953. The minimum Gasteiger partial charge on any atom is -0.466 e. The van der Waals surface area contributed by atoms with Crippen molar-refractivity contribution in [2.24, 2.45) is 17.8 Å². The van der Waals surface area contributed by atoms with Gasteiger partial charge in [0, 0.05) is 6.42 Å². The first-order valence-electron chi connectivity index (χ1n) is 21.6. The van der Waals surface area contributed by atoms with Gasteiger partial charge >= 0.3 is 11.9 Å². The molecule has 0 aromatic rings. The van der Waals surface area contributed by atoms with Crippen LogP contribution >= 0.6 is 0 Å². The van der Waals surface area contributed by atoms with E-state index in [4.69, 9.17) is 9.47 Å². The van der Waals surface area contributed by atoms with E-state index in [9.17, 15) is 9.59 Å². The van der Waals surface area contributed by atoms with Crippen LogP contribution in [-0.4, -0.2) is 38.2 Å². The van der Waals surface area contributed by atoms with Gasteiger partial charge in [-0.2, -0.15) is 0 Å². The average Bonchev–Trinajstić information content (AvgIpc) is 3.09. The Morgan fingerprint density at radius 1 is 0.458 bits per heavy atom. The van der Waals surface area contributed by atoms with Crippen molar-refractivity contribution in [1.82, 2.24) is 5.32 Å². The molecular formula is C43H85NO4. The van der Waals surface area contributed by atoms with Crippen LogP contribution in [0, 0.1) is 17.8 Å². The molecule has 0 saturated carbocycles. The number of nitrogens with one attached hydrogen (secondary N) is 1. The molecule has 0 rings (SSSR count). The van der Waals surface area contributed by atoms with Crippen molar-refractivity contribution >= 4 is 11.9 Å². The van der Waals surface area contributed by atoms with Crippen LogP contribution in [0.15, 0.2) is 0 Å². The fourth-order valence-corrected chi connectivity index (χ4v) is 7.09. The van der Waals surface area contributed by atoms with E-state index >= 15 is 0 Å². The van der Waals surface area contributed by atoms with E-state index in [0.29, 0.717) is 25.6 Å². The average molecular weight is 680 g/mol. The second-order valence-electron chi connectivity index (χ2n) is 14.8. The number of unbranched alkanes of at least 4 members (excludes halogenated alkanes) is 16. The highest BCUT2D eigenvalue weighted by Crippen LogP contribution is 2.31. The van der Waals surface area contributed by atoms with Crippen LogP contribution in [-0.2, 0) is 19.1 Å². The summed E-state index contributed by atoms with van der Waals surface area (Å²) in [5.74, 6) is 1.62. The third-order valence-electron chi connectivity index (χ3n) is 10.4. The molecule has 0 aliphatic heterocycles. The van der Waals surface area contributed by atoms with E-state index in [1.165, 1.54) is 122 Å². The molecule has 3 unspecified atom stereocenters. The lowest BCUT2D eigenvalue weighted by Crippen LogP contribution is -2.19. The molecule has 1 N–H and O–H groups in total. The maximum absolute atomic E-state index is 12.8. The van der Waals surface area contributed by atoms with Crippen LogP contribution in [0.2, 0.25) is 0 Å². The monoisotopic (exact) mass is 680 g/mol. The molecule has 0 fully saturated rings. The number of hydrogen-bond donors (Lipinski definition) is 1. The lowest BCUT2D eigenvalue weighted by Gasteiger charge is -2.26. The number of carbonyl (C=O) groups excluding carboxylic acids is 2. The zero-order valence-electron chi connectivity index (χ0n) is 33.2. The van der Waals surface area contributed by atoms with E-state index in [1.807, 2.05) is 0 Å². The van der Waals surface area contributed by atoms with Gasteiger partial charge in [-0.15, -0.1) is 0 Å². The summed E-state index contributed by atoms with van der Waals surface area (Å²) in [4.78, 5) is 25.2. The Morgan fingerprint density at radius 3 is 1.50 bits per heavy atom. The molecule has 0 aromatic heterocycles. The highest BCUT2D eigenvalue weighted by atomic mass is 16.5. The van der Waals surface area contributed by atoms with E-state index in [-0.39, 0.29) is 17.9 Å².